The first-order chi connectivity index (χ1) is 10.1. The van der Waals surface area contributed by atoms with E-state index in [-0.39, 0.29) is 17.6 Å². The molecule has 1 fully saturated rings. The highest BCUT2D eigenvalue weighted by Gasteiger charge is 2.22. The van der Waals surface area contributed by atoms with Crippen LogP contribution in [0.3, 0.4) is 0 Å². The van der Waals surface area contributed by atoms with Gasteiger partial charge in [0.1, 0.15) is 11.6 Å². The van der Waals surface area contributed by atoms with Crippen LogP contribution in [-0.2, 0) is 0 Å². The summed E-state index contributed by atoms with van der Waals surface area (Å²) in [5.41, 5.74) is 0.818. The topological polar surface area (TPSA) is 35.5 Å². The summed E-state index contributed by atoms with van der Waals surface area (Å²) >= 11 is 0. The van der Waals surface area contributed by atoms with Gasteiger partial charge in [0.15, 0.2) is 0 Å². The van der Waals surface area contributed by atoms with E-state index in [0.29, 0.717) is 5.92 Å². The Morgan fingerprint density at radius 2 is 2.10 bits per heavy atom. The van der Waals surface area contributed by atoms with Crippen molar-refractivity contribution in [3.63, 3.8) is 0 Å². The molecule has 0 aliphatic carbocycles. The van der Waals surface area contributed by atoms with Crippen LogP contribution in [0.5, 0.6) is 5.75 Å². The second-order valence-electron chi connectivity index (χ2n) is 6.07. The number of benzene rings is 1. The van der Waals surface area contributed by atoms with Crippen molar-refractivity contribution in [2.24, 2.45) is 5.92 Å². The SMILES string of the molecule is CCCN(CC1CCNCC1)C(C)c1ccc(F)cc1O. The van der Waals surface area contributed by atoms with Crippen molar-refractivity contribution < 1.29 is 9.50 Å². The third-order valence-electron chi connectivity index (χ3n) is 4.45. The summed E-state index contributed by atoms with van der Waals surface area (Å²) in [5.74, 6) is 0.389. The van der Waals surface area contributed by atoms with Gasteiger partial charge in [-0.1, -0.05) is 13.0 Å². The number of phenols is 1. The highest BCUT2D eigenvalue weighted by atomic mass is 19.1. The van der Waals surface area contributed by atoms with Crippen LogP contribution in [0.15, 0.2) is 18.2 Å². The first-order valence-electron chi connectivity index (χ1n) is 8.05. The van der Waals surface area contributed by atoms with E-state index in [4.69, 9.17) is 0 Å². The number of piperidine rings is 1. The molecular weight excluding hydrogens is 267 g/mol. The smallest absolute Gasteiger partial charge is 0.126 e. The van der Waals surface area contributed by atoms with Crippen molar-refractivity contribution in [2.45, 2.75) is 39.2 Å². The van der Waals surface area contributed by atoms with Crippen molar-refractivity contribution >= 4 is 0 Å². The molecule has 0 saturated carbocycles. The predicted octanol–water partition coefficient (Wildman–Crippen LogP) is 3.30. The fourth-order valence-electron chi connectivity index (χ4n) is 3.19. The van der Waals surface area contributed by atoms with Crippen molar-refractivity contribution in [1.29, 1.82) is 0 Å². The van der Waals surface area contributed by atoms with E-state index < -0.39 is 0 Å². The average Bonchev–Trinajstić information content (AvgIpc) is 2.47. The number of halogens is 1. The minimum atomic E-state index is -0.385. The Labute approximate surface area is 127 Å². The first-order valence-corrected chi connectivity index (χ1v) is 8.05. The molecule has 1 unspecified atom stereocenters. The first kappa shape index (κ1) is 16.2. The average molecular weight is 294 g/mol. The summed E-state index contributed by atoms with van der Waals surface area (Å²) in [6.07, 6.45) is 3.50. The largest absolute Gasteiger partial charge is 0.508 e. The number of nitrogens with zero attached hydrogens (tertiary/aromatic N) is 1. The Hall–Kier alpha value is -1.13. The lowest BCUT2D eigenvalue weighted by Crippen LogP contribution is -2.37. The quantitative estimate of drug-likeness (QED) is 0.845. The summed E-state index contributed by atoms with van der Waals surface area (Å²) in [4.78, 5) is 2.42. The van der Waals surface area contributed by atoms with Gasteiger partial charge in [-0.2, -0.15) is 0 Å². The van der Waals surface area contributed by atoms with Gasteiger partial charge in [-0.15, -0.1) is 0 Å². The standard InChI is InChI=1S/C17H27FN2O/c1-3-10-20(12-14-6-8-19-9-7-14)13(2)16-5-4-15(18)11-17(16)21/h4-5,11,13-14,19,21H,3,6-10,12H2,1-2H3. The Bertz CT molecular complexity index is 446. The Kier molecular flexibility index (Phi) is 6.00. The van der Waals surface area contributed by atoms with Crippen LogP contribution in [-0.4, -0.2) is 36.2 Å². The molecule has 3 nitrogen and oxygen atoms in total. The highest BCUT2D eigenvalue weighted by molar-refractivity contribution is 5.35. The summed E-state index contributed by atoms with van der Waals surface area (Å²) < 4.78 is 13.2. The van der Waals surface area contributed by atoms with Crippen LogP contribution in [0.25, 0.3) is 0 Å². The third-order valence-corrected chi connectivity index (χ3v) is 4.45. The molecule has 2 N–H and O–H groups in total. The third kappa shape index (κ3) is 4.42. The molecule has 1 aromatic carbocycles. The molecule has 2 rings (SSSR count). The normalized spacial score (nSPS) is 18.1. The summed E-state index contributed by atoms with van der Waals surface area (Å²) in [7, 11) is 0. The molecule has 1 atom stereocenters. The van der Waals surface area contributed by atoms with Crippen LogP contribution in [0.4, 0.5) is 4.39 Å². The van der Waals surface area contributed by atoms with Crippen LogP contribution in [0, 0.1) is 11.7 Å². The van der Waals surface area contributed by atoms with Crippen molar-refractivity contribution in [2.75, 3.05) is 26.2 Å². The number of aromatic hydroxyl groups is 1. The van der Waals surface area contributed by atoms with Gasteiger partial charge in [0.05, 0.1) is 0 Å². The lowest BCUT2D eigenvalue weighted by Gasteiger charge is -2.34. The van der Waals surface area contributed by atoms with Crippen LogP contribution >= 0.6 is 0 Å². The summed E-state index contributed by atoms with van der Waals surface area (Å²) in [6, 6.07) is 4.46. The number of rotatable bonds is 6. The van der Waals surface area contributed by atoms with Crippen molar-refractivity contribution in [1.82, 2.24) is 10.2 Å². The van der Waals surface area contributed by atoms with Gasteiger partial charge in [-0.05, 0) is 57.8 Å². The molecule has 21 heavy (non-hydrogen) atoms. The molecule has 0 spiro atoms. The van der Waals surface area contributed by atoms with Gasteiger partial charge in [-0.3, -0.25) is 4.90 Å². The molecule has 118 valence electrons. The molecule has 0 bridgehead atoms. The van der Waals surface area contributed by atoms with Gasteiger partial charge in [-0.25, -0.2) is 4.39 Å². The fraction of sp³-hybridized carbons (Fsp3) is 0.647. The van der Waals surface area contributed by atoms with Crippen LogP contribution < -0.4 is 5.32 Å². The number of hydrogen-bond donors (Lipinski definition) is 2. The van der Waals surface area contributed by atoms with Gasteiger partial charge in [0.25, 0.3) is 0 Å². The van der Waals surface area contributed by atoms with E-state index in [1.807, 2.05) is 0 Å². The zero-order valence-electron chi connectivity index (χ0n) is 13.1. The second kappa shape index (κ2) is 7.76. The molecular formula is C17H27FN2O. The van der Waals surface area contributed by atoms with E-state index in [9.17, 15) is 9.50 Å². The molecule has 1 aliphatic heterocycles. The number of nitrogens with one attached hydrogen (secondary N) is 1. The maximum atomic E-state index is 13.2. The van der Waals surface area contributed by atoms with Crippen LogP contribution in [0.2, 0.25) is 0 Å². The fourth-order valence-corrected chi connectivity index (χ4v) is 3.19. The lowest BCUT2D eigenvalue weighted by molar-refractivity contribution is 0.159. The van der Waals surface area contributed by atoms with E-state index in [2.05, 4.69) is 24.1 Å². The number of phenolic OH excluding ortho intramolecular Hbond substituents is 1. The zero-order chi connectivity index (χ0) is 15.2. The molecule has 1 saturated heterocycles. The minimum absolute atomic E-state index is 0.0638. The maximum absolute atomic E-state index is 13.2. The van der Waals surface area contributed by atoms with E-state index in [1.54, 1.807) is 6.07 Å². The zero-order valence-corrected chi connectivity index (χ0v) is 13.1. The second-order valence-corrected chi connectivity index (χ2v) is 6.07. The summed E-state index contributed by atoms with van der Waals surface area (Å²) in [6.45, 7) is 8.52. The molecule has 1 heterocycles. The van der Waals surface area contributed by atoms with Gasteiger partial charge >= 0.3 is 0 Å². The summed E-state index contributed by atoms with van der Waals surface area (Å²) in [5, 5.41) is 13.4. The molecule has 1 aromatic rings. The molecule has 4 heteroatoms. The number of hydrogen-bond acceptors (Lipinski definition) is 3. The molecule has 0 aromatic heterocycles. The monoisotopic (exact) mass is 294 g/mol. The van der Waals surface area contributed by atoms with Crippen LogP contribution in [0.1, 0.15) is 44.7 Å². The Morgan fingerprint density at radius 3 is 2.71 bits per heavy atom. The Morgan fingerprint density at radius 1 is 1.38 bits per heavy atom. The van der Waals surface area contributed by atoms with Gasteiger partial charge < -0.3 is 10.4 Å². The Balaban J connectivity index is 2.08. The van der Waals surface area contributed by atoms with Gasteiger partial charge in [0, 0.05) is 24.2 Å². The van der Waals surface area contributed by atoms with Crippen molar-refractivity contribution in [3.05, 3.63) is 29.6 Å². The molecule has 1 aliphatic rings. The highest BCUT2D eigenvalue weighted by Crippen LogP contribution is 2.30. The molecule has 0 amide bonds. The molecule has 0 radical (unpaired) electrons. The minimum Gasteiger partial charge on any atom is -0.508 e. The van der Waals surface area contributed by atoms with E-state index >= 15 is 0 Å². The van der Waals surface area contributed by atoms with E-state index in [0.717, 1.165) is 38.2 Å². The van der Waals surface area contributed by atoms with Gasteiger partial charge in [0.2, 0.25) is 0 Å². The predicted molar refractivity (Wildman–Crippen MR) is 83.9 cm³/mol. The lowest BCUT2D eigenvalue weighted by atomic mass is 9.95. The van der Waals surface area contributed by atoms with Crippen molar-refractivity contribution in [3.8, 4) is 5.75 Å². The van der Waals surface area contributed by atoms with E-state index in [1.165, 1.54) is 25.0 Å². The maximum Gasteiger partial charge on any atom is 0.126 e.